The molecule has 2 amide bonds. The molecule has 0 aromatic heterocycles. The molecular weight excluding hydrogens is 506 g/mol. The number of hydrogen-bond donors (Lipinski definition) is 2. The smallest absolute Gasteiger partial charge is 0.262 e. The molecule has 3 rings (SSSR count). The van der Waals surface area contributed by atoms with Gasteiger partial charge in [-0.25, -0.2) is 5.43 Å². The molecule has 2 N–H and O–H groups in total. The van der Waals surface area contributed by atoms with Crippen molar-refractivity contribution in [2.45, 2.75) is 53.7 Å². The van der Waals surface area contributed by atoms with E-state index in [2.05, 4.69) is 21.9 Å². The first-order valence-electron chi connectivity index (χ1n) is 13.3. The number of hydrazone groups is 1. The molecule has 0 saturated heterocycles. The third-order valence-electron chi connectivity index (χ3n) is 6.17. The van der Waals surface area contributed by atoms with Crippen LogP contribution in [0.4, 0.5) is 0 Å². The van der Waals surface area contributed by atoms with E-state index in [9.17, 15) is 9.59 Å². The Morgan fingerprint density at radius 2 is 1.65 bits per heavy atom. The second kappa shape index (κ2) is 14.7. The summed E-state index contributed by atoms with van der Waals surface area (Å²) in [6.07, 6.45) is 1.97. The van der Waals surface area contributed by atoms with Crippen LogP contribution in [0.25, 0.3) is 0 Å². The maximum Gasteiger partial charge on any atom is 0.262 e. The van der Waals surface area contributed by atoms with Gasteiger partial charge in [0.1, 0.15) is 18.4 Å². The van der Waals surface area contributed by atoms with Crippen molar-refractivity contribution in [1.29, 1.82) is 0 Å². The molecule has 0 aliphatic carbocycles. The minimum atomic E-state index is -0.752. The number of ether oxygens (including phenoxy) is 3. The lowest BCUT2D eigenvalue weighted by molar-refractivity contribution is -0.130. The number of aryl methyl sites for hydroxylation is 3. The molecule has 0 unspecified atom stereocenters. The topological polar surface area (TPSA) is 98.2 Å². The van der Waals surface area contributed by atoms with Crippen LogP contribution in [0.15, 0.2) is 65.8 Å². The van der Waals surface area contributed by atoms with Crippen LogP contribution in [0.5, 0.6) is 17.2 Å². The molecule has 8 heteroatoms. The van der Waals surface area contributed by atoms with Crippen LogP contribution < -0.4 is 25.0 Å². The fraction of sp³-hybridized carbons (Fsp3) is 0.344. The van der Waals surface area contributed by atoms with Gasteiger partial charge in [0.25, 0.3) is 11.8 Å². The Labute approximate surface area is 236 Å². The summed E-state index contributed by atoms with van der Waals surface area (Å²) < 4.78 is 17.2. The van der Waals surface area contributed by atoms with Crippen LogP contribution in [0.1, 0.15) is 48.1 Å². The van der Waals surface area contributed by atoms with Gasteiger partial charge in [-0.05, 0) is 73.6 Å². The highest BCUT2D eigenvalue weighted by Gasteiger charge is 2.22. The predicted molar refractivity (Wildman–Crippen MR) is 157 cm³/mol. The van der Waals surface area contributed by atoms with Gasteiger partial charge >= 0.3 is 0 Å². The van der Waals surface area contributed by atoms with Gasteiger partial charge in [-0.1, -0.05) is 61.9 Å². The molecule has 0 fully saturated rings. The Morgan fingerprint density at radius 3 is 2.33 bits per heavy atom. The van der Waals surface area contributed by atoms with Gasteiger partial charge in [-0.3, -0.25) is 9.59 Å². The summed E-state index contributed by atoms with van der Waals surface area (Å²) in [4.78, 5) is 25.5. The highest BCUT2D eigenvalue weighted by molar-refractivity contribution is 5.89. The SMILES string of the molecule is COc1cc(/C=N\NC(=O)[C@@H](CC(C)C)NC(=O)COc2c(C)cccc2C)ccc1OCc1cccc(C)c1. The number of para-hydroxylation sites is 1. The van der Waals surface area contributed by atoms with Crippen LogP contribution in [0.2, 0.25) is 0 Å². The maximum absolute atomic E-state index is 12.9. The van der Waals surface area contributed by atoms with E-state index in [1.54, 1.807) is 19.2 Å². The van der Waals surface area contributed by atoms with Gasteiger partial charge in [0, 0.05) is 0 Å². The van der Waals surface area contributed by atoms with E-state index >= 15 is 0 Å². The van der Waals surface area contributed by atoms with Crippen molar-refractivity contribution in [2.75, 3.05) is 13.7 Å². The lowest BCUT2D eigenvalue weighted by Gasteiger charge is -2.19. The second-order valence-electron chi connectivity index (χ2n) is 10.2. The summed E-state index contributed by atoms with van der Waals surface area (Å²) in [5, 5.41) is 6.87. The van der Waals surface area contributed by atoms with E-state index in [0.29, 0.717) is 35.8 Å². The molecule has 0 saturated carbocycles. The molecule has 3 aromatic carbocycles. The zero-order valence-electron chi connectivity index (χ0n) is 24.1. The summed E-state index contributed by atoms with van der Waals surface area (Å²) in [6, 6.07) is 18.6. The van der Waals surface area contributed by atoms with Crippen LogP contribution in [-0.4, -0.2) is 37.8 Å². The van der Waals surface area contributed by atoms with E-state index in [0.717, 1.165) is 16.7 Å². The minimum absolute atomic E-state index is 0.177. The van der Waals surface area contributed by atoms with E-state index in [1.165, 1.54) is 11.8 Å². The first-order chi connectivity index (χ1) is 19.2. The van der Waals surface area contributed by atoms with Crippen LogP contribution in [0.3, 0.4) is 0 Å². The molecule has 0 aliphatic heterocycles. The number of amides is 2. The number of methoxy groups -OCH3 is 1. The van der Waals surface area contributed by atoms with Crippen molar-refractivity contribution in [3.8, 4) is 17.2 Å². The van der Waals surface area contributed by atoms with E-state index < -0.39 is 11.9 Å². The zero-order chi connectivity index (χ0) is 29.1. The lowest BCUT2D eigenvalue weighted by Crippen LogP contribution is -2.47. The molecule has 8 nitrogen and oxygen atoms in total. The molecule has 212 valence electrons. The second-order valence-corrected chi connectivity index (χ2v) is 10.2. The molecular formula is C32H39N3O5. The number of nitrogens with zero attached hydrogens (tertiary/aromatic N) is 1. The van der Waals surface area contributed by atoms with Crippen molar-refractivity contribution in [3.63, 3.8) is 0 Å². The third-order valence-corrected chi connectivity index (χ3v) is 6.17. The number of carbonyl (C=O) groups excluding carboxylic acids is 2. The van der Waals surface area contributed by atoms with Crippen LogP contribution in [-0.2, 0) is 16.2 Å². The first-order valence-corrected chi connectivity index (χ1v) is 13.3. The van der Waals surface area contributed by atoms with Gasteiger partial charge in [-0.2, -0.15) is 5.10 Å². The van der Waals surface area contributed by atoms with Crippen LogP contribution >= 0.6 is 0 Å². The van der Waals surface area contributed by atoms with Gasteiger partial charge in [-0.15, -0.1) is 0 Å². The number of nitrogens with one attached hydrogen (secondary N) is 2. The van der Waals surface area contributed by atoms with Gasteiger partial charge in [0.05, 0.1) is 13.3 Å². The molecule has 0 heterocycles. The van der Waals surface area contributed by atoms with Gasteiger partial charge in [0.2, 0.25) is 0 Å². The summed E-state index contributed by atoms with van der Waals surface area (Å²) in [6.45, 7) is 10.1. The van der Waals surface area contributed by atoms with E-state index in [-0.39, 0.29) is 18.4 Å². The van der Waals surface area contributed by atoms with E-state index in [4.69, 9.17) is 14.2 Å². The van der Waals surface area contributed by atoms with Crippen molar-refractivity contribution >= 4 is 18.0 Å². The Kier molecular flexibility index (Phi) is 11.1. The summed E-state index contributed by atoms with van der Waals surface area (Å²) in [7, 11) is 1.57. The predicted octanol–water partition coefficient (Wildman–Crippen LogP) is 5.26. The molecule has 1 atom stereocenters. The molecule has 0 bridgehead atoms. The molecule has 0 radical (unpaired) electrons. The normalized spacial score (nSPS) is 11.8. The number of hydrogen-bond acceptors (Lipinski definition) is 6. The van der Waals surface area contributed by atoms with Crippen molar-refractivity contribution in [2.24, 2.45) is 11.0 Å². The Bertz CT molecular complexity index is 1320. The minimum Gasteiger partial charge on any atom is -0.493 e. The van der Waals surface area contributed by atoms with Crippen molar-refractivity contribution in [1.82, 2.24) is 10.7 Å². The quantitative estimate of drug-likeness (QED) is 0.226. The molecule has 0 spiro atoms. The third kappa shape index (κ3) is 9.15. The Balaban J connectivity index is 1.57. The lowest BCUT2D eigenvalue weighted by atomic mass is 10.0. The molecule has 0 aliphatic rings. The average Bonchev–Trinajstić information content (AvgIpc) is 2.91. The average molecular weight is 546 g/mol. The fourth-order valence-corrected chi connectivity index (χ4v) is 4.20. The number of carbonyl (C=O) groups is 2. The van der Waals surface area contributed by atoms with Crippen molar-refractivity contribution < 1.29 is 23.8 Å². The monoisotopic (exact) mass is 545 g/mol. The van der Waals surface area contributed by atoms with Crippen LogP contribution in [0, 0.1) is 26.7 Å². The summed E-state index contributed by atoms with van der Waals surface area (Å²) in [5.41, 5.74) is 7.38. The largest absolute Gasteiger partial charge is 0.493 e. The highest BCUT2D eigenvalue weighted by Crippen LogP contribution is 2.28. The van der Waals surface area contributed by atoms with Gasteiger partial charge in [0.15, 0.2) is 18.1 Å². The number of rotatable bonds is 13. The zero-order valence-corrected chi connectivity index (χ0v) is 24.1. The first kappa shape index (κ1) is 30.2. The van der Waals surface area contributed by atoms with Gasteiger partial charge < -0.3 is 19.5 Å². The summed E-state index contributed by atoms with van der Waals surface area (Å²) in [5.74, 6) is 1.23. The fourth-order valence-electron chi connectivity index (χ4n) is 4.20. The van der Waals surface area contributed by atoms with Crippen molar-refractivity contribution in [3.05, 3.63) is 88.5 Å². The Morgan fingerprint density at radius 1 is 0.925 bits per heavy atom. The highest BCUT2D eigenvalue weighted by atomic mass is 16.5. The molecule has 40 heavy (non-hydrogen) atoms. The molecule has 3 aromatic rings. The number of benzene rings is 3. The summed E-state index contributed by atoms with van der Waals surface area (Å²) >= 11 is 0. The maximum atomic E-state index is 12.9. The standard InChI is InChI=1S/C32H39N3O5/c1-21(2)15-27(34-30(36)20-40-31-23(4)10-8-11-24(31)5)32(37)35-33-18-25-13-14-28(29(17-25)38-6)39-19-26-12-7-9-22(3)16-26/h7-14,16-18,21,27H,15,19-20H2,1-6H3,(H,34,36)(H,35,37)/b33-18-/t27-/m1/s1. The van der Waals surface area contributed by atoms with E-state index in [1.807, 2.05) is 77.1 Å². The Hall–Kier alpha value is -4.33.